The molecule has 0 fully saturated rings. The second-order valence-corrected chi connectivity index (χ2v) is 8.90. The van der Waals surface area contributed by atoms with E-state index in [1.54, 1.807) is 37.3 Å². The standard InChI is InChI=1S/C29H24F3N7O3/c1-3-25(40)39(33)23-9-5-8-20(13-23)38-28-34-15-22(16-35-28)37-27(42)24-14-21(11-10-17(24)2)36-26(41)18-6-4-7-19(12-18)29(30,31)32/h3-16H,1,33H2,2H3,(H,36,41)(H,37,42)(H,34,35,38). The van der Waals surface area contributed by atoms with Crippen LogP contribution in [0, 0.1) is 6.92 Å². The summed E-state index contributed by atoms with van der Waals surface area (Å²) in [4.78, 5) is 45.7. The Bertz CT molecular complexity index is 1660. The fourth-order valence-electron chi connectivity index (χ4n) is 3.73. The molecule has 3 amide bonds. The molecule has 0 aliphatic carbocycles. The molecule has 3 aromatic carbocycles. The van der Waals surface area contributed by atoms with Crippen molar-refractivity contribution in [3.8, 4) is 0 Å². The smallest absolute Gasteiger partial charge is 0.324 e. The van der Waals surface area contributed by atoms with Crippen LogP contribution < -0.4 is 26.8 Å². The van der Waals surface area contributed by atoms with Crippen LogP contribution in [0.2, 0.25) is 0 Å². The highest BCUT2D eigenvalue weighted by Crippen LogP contribution is 2.30. The molecule has 0 atom stereocenters. The van der Waals surface area contributed by atoms with Gasteiger partial charge in [0, 0.05) is 22.5 Å². The van der Waals surface area contributed by atoms with Crippen LogP contribution in [0.1, 0.15) is 31.8 Å². The number of hydrogen-bond donors (Lipinski definition) is 4. The first-order valence-corrected chi connectivity index (χ1v) is 12.3. The van der Waals surface area contributed by atoms with Gasteiger partial charge in [-0.1, -0.05) is 24.8 Å². The van der Waals surface area contributed by atoms with Crippen LogP contribution in [0.15, 0.2) is 91.8 Å². The molecule has 214 valence electrons. The number of carbonyl (C=O) groups is 3. The van der Waals surface area contributed by atoms with E-state index in [1.807, 2.05) is 0 Å². The maximum absolute atomic E-state index is 13.0. The number of rotatable bonds is 8. The van der Waals surface area contributed by atoms with Crippen molar-refractivity contribution in [2.45, 2.75) is 13.1 Å². The second kappa shape index (κ2) is 12.3. The number of nitrogens with two attached hydrogens (primary N) is 1. The number of alkyl halides is 3. The number of aryl methyl sites for hydroxylation is 1. The van der Waals surface area contributed by atoms with E-state index >= 15 is 0 Å². The third kappa shape index (κ3) is 7.14. The summed E-state index contributed by atoms with van der Waals surface area (Å²) in [6, 6.07) is 15.2. The van der Waals surface area contributed by atoms with Gasteiger partial charge in [-0.3, -0.25) is 14.4 Å². The third-order valence-electron chi connectivity index (χ3n) is 5.89. The van der Waals surface area contributed by atoms with E-state index in [4.69, 9.17) is 5.84 Å². The minimum Gasteiger partial charge on any atom is -0.324 e. The van der Waals surface area contributed by atoms with E-state index in [1.165, 1.54) is 30.6 Å². The molecule has 0 aliphatic heterocycles. The Morgan fingerprint density at radius 3 is 2.26 bits per heavy atom. The fraction of sp³-hybridized carbons (Fsp3) is 0.0690. The van der Waals surface area contributed by atoms with Gasteiger partial charge < -0.3 is 16.0 Å². The van der Waals surface area contributed by atoms with Crippen molar-refractivity contribution < 1.29 is 27.6 Å². The third-order valence-corrected chi connectivity index (χ3v) is 5.89. The summed E-state index contributed by atoms with van der Waals surface area (Å²) in [5.41, 5.74) is 1.15. The van der Waals surface area contributed by atoms with Crippen molar-refractivity contribution in [1.82, 2.24) is 9.97 Å². The van der Waals surface area contributed by atoms with Crippen molar-refractivity contribution in [2.75, 3.05) is 21.0 Å². The summed E-state index contributed by atoms with van der Waals surface area (Å²) in [5.74, 6) is 4.22. The van der Waals surface area contributed by atoms with Crippen molar-refractivity contribution in [1.29, 1.82) is 0 Å². The number of hydrogen-bond acceptors (Lipinski definition) is 7. The molecule has 0 spiro atoms. The molecule has 1 aromatic heterocycles. The number of aromatic nitrogens is 2. The number of benzene rings is 3. The highest BCUT2D eigenvalue weighted by atomic mass is 19.4. The van der Waals surface area contributed by atoms with E-state index in [0.29, 0.717) is 16.9 Å². The lowest BCUT2D eigenvalue weighted by atomic mass is 10.1. The van der Waals surface area contributed by atoms with Gasteiger partial charge in [0.05, 0.1) is 29.3 Å². The lowest BCUT2D eigenvalue weighted by Gasteiger charge is -2.15. The van der Waals surface area contributed by atoms with Gasteiger partial charge in [0.15, 0.2) is 0 Å². The Hall–Kier alpha value is -5.56. The molecule has 1 heterocycles. The average Bonchev–Trinajstić information content (AvgIpc) is 2.98. The Morgan fingerprint density at radius 2 is 1.57 bits per heavy atom. The van der Waals surface area contributed by atoms with Gasteiger partial charge in [-0.2, -0.15) is 13.2 Å². The van der Waals surface area contributed by atoms with E-state index in [0.717, 1.165) is 29.3 Å². The summed E-state index contributed by atoms with van der Waals surface area (Å²) >= 11 is 0. The summed E-state index contributed by atoms with van der Waals surface area (Å²) in [5, 5.41) is 9.10. The molecule has 0 saturated heterocycles. The van der Waals surface area contributed by atoms with Crippen molar-refractivity contribution >= 4 is 46.4 Å². The molecule has 0 bridgehead atoms. The average molecular weight is 576 g/mol. The van der Waals surface area contributed by atoms with Crippen LogP contribution in [0.3, 0.4) is 0 Å². The first-order chi connectivity index (χ1) is 19.9. The van der Waals surface area contributed by atoms with Gasteiger partial charge in [-0.25, -0.2) is 20.8 Å². The molecule has 4 rings (SSSR count). The van der Waals surface area contributed by atoms with Gasteiger partial charge in [0.2, 0.25) is 5.95 Å². The number of hydrazine groups is 1. The normalized spacial score (nSPS) is 10.9. The lowest BCUT2D eigenvalue weighted by Crippen LogP contribution is -2.35. The molecule has 13 heteroatoms. The monoisotopic (exact) mass is 575 g/mol. The minimum absolute atomic E-state index is 0.181. The first kappa shape index (κ1) is 29.4. The van der Waals surface area contributed by atoms with Gasteiger partial charge in [-0.05, 0) is 67.1 Å². The van der Waals surface area contributed by atoms with E-state index in [-0.39, 0.29) is 28.5 Å². The zero-order valence-corrected chi connectivity index (χ0v) is 22.1. The Labute approximate surface area is 238 Å². The van der Waals surface area contributed by atoms with Gasteiger partial charge >= 0.3 is 6.18 Å². The first-order valence-electron chi connectivity index (χ1n) is 12.3. The highest BCUT2D eigenvalue weighted by Gasteiger charge is 2.31. The number of amides is 3. The van der Waals surface area contributed by atoms with Crippen LogP contribution in [-0.2, 0) is 11.0 Å². The molecule has 0 unspecified atom stereocenters. The largest absolute Gasteiger partial charge is 0.416 e. The maximum Gasteiger partial charge on any atom is 0.416 e. The van der Waals surface area contributed by atoms with Crippen LogP contribution in [0.4, 0.5) is 41.9 Å². The maximum atomic E-state index is 13.0. The molecular weight excluding hydrogens is 551 g/mol. The summed E-state index contributed by atoms with van der Waals surface area (Å²) < 4.78 is 39.0. The number of halogens is 3. The fourth-order valence-corrected chi connectivity index (χ4v) is 3.73. The summed E-state index contributed by atoms with van der Waals surface area (Å²) in [6.45, 7) is 5.09. The second-order valence-electron chi connectivity index (χ2n) is 8.90. The molecule has 0 radical (unpaired) electrons. The molecule has 10 nitrogen and oxygen atoms in total. The van der Waals surface area contributed by atoms with Gasteiger partial charge in [0.25, 0.3) is 17.7 Å². The molecule has 4 aromatic rings. The number of carbonyl (C=O) groups excluding carboxylic acids is 3. The van der Waals surface area contributed by atoms with Crippen molar-refractivity contribution in [3.63, 3.8) is 0 Å². The highest BCUT2D eigenvalue weighted by molar-refractivity contribution is 6.08. The topological polar surface area (TPSA) is 142 Å². The van der Waals surface area contributed by atoms with E-state index in [2.05, 4.69) is 32.5 Å². The Kier molecular flexibility index (Phi) is 8.62. The molecule has 42 heavy (non-hydrogen) atoms. The van der Waals surface area contributed by atoms with Crippen LogP contribution >= 0.6 is 0 Å². The number of nitrogens with zero attached hydrogens (tertiary/aromatic N) is 3. The van der Waals surface area contributed by atoms with Crippen LogP contribution in [0.25, 0.3) is 0 Å². The van der Waals surface area contributed by atoms with Crippen LogP contribution in [-0.4, -0.2) is 27.7 Å². The quantitative estimate of drug-likeness (QED) is 0.0948. The number of anilines is 5. The molecule has 0 aliphatic rings. The molecule has 5 N–H and O–H groups in total. The van der Waals surface area contributed by atoms with E-state index in [9.17, 15) is 27.6 Å². The minimum atomic E-state index is -4.59. The zero-order chi connectivity index (χ0) is 30.4. The number of nitrogens with one attached hydrogen (secondary N) is 3. The Morgan fingerprint density at radius 1 is 0.881 bits per heavy atom. The predicted octanol–water partition coefficient (Wildman–Crippen LogP) is 5.44. The summed E-state index contributed by atoms with van der Waals surface area (Å²) in [7, 11) is 0. The predicted molar refractivity (Wildman–Crippen MR) is 152 cm³/mol. The lowest BCUT2D eigenvalue weighted by molar-refractivity contribution is -0.137. The molecular formula is C29H24F3N7O3. The van der Waals surface area contributed by atoms with Gasteiger partial charge in [0.1, 0.15) is 0 Å². The van der Waals surface area contributed by atoms with Crippen molar-refractivity contribution in [3.05, 3.63) is 114 Å². The summed E-state index contributed by atoms with van der Waals surface area (Å²) in [6.07, 6.45) is -0.747. The van der Waals surface area contributed by atoms with E-state index < -0.39 is 29.5 Å². The Balaban J connectivity index is 1.42. The molecule has 0 saturated carbocycles. The SMILES string of the molecule is C=CC(=O)N(N)c1cccc(Nc2ncc(NC(=O)c3cc(NC(=O)c4cccc(C(F)(F)F)c4)ccc3C)cn2)c1. The zero-order valence-electron chi connectivity index (χ0n) is 22.1. The van der Waals surface area contributed by atoms with Crippen LogP contribution in [0.5, 0.6) is 0 Å². The van der Waals surface area contributed by atoms with Crippen molar-refractivity contribution in [2.24, 2.45) is 5.84 Å². The van der Waals surface area contributed by atoms with Gasteiger partial charge in [-0.15, -0.1) is 0 Å².